The van der Waals surface area contributed by atoms with Gasteiger partial charge in [-0.3, -0.25) is 9.59 Å². The minimum Gasteiger partial charge on any atom is -0.356 e. The van der Waals surface area contributed by atoms with Crippen LogP contribution in [0.4, 0.5) is 0 Å². The monoisotopic (exact) mass is 281 g/mol. The van der Waals surface area contributed by atoms with Gasteiger partial charge in [0, 0.05) is 19.5 Å². The number of hydrogen-bond acceptors (Lipinski definition) is 3. The van der Waals surface area contributed by atoms with Crippen LogP contribution in [0.2, 0.25) is 0 Å². The number of carbonyl (C=O) groups excluding carboxylic acids is 2. The SMILES string of the molecule is CC(C)CNC(=O)CCNC(=O)C1NCC2CCCC21. The summed E-state index contributed by atoms with van der Waals surface area (Å²) in [6.45, 7) is 6.22. The maximum absolute atomic E-state index is 12.1. The Balaban J connectivity index is 1.64. The smallest absolute Gasteiger partial charge is 0.237 e. The van der Waals surface area contributed by atoms with Crippen LogP contribution in [0.1, 0.15) is 39.5 Å². The molecular formula is C15H27N3O2. The van der Waals surface area contributed by atoms with Crippen LogP contribution >= 0.6 is 0 Å². The molecule has 5 nitrogen and oxygen atoms in total. The van der Waals surface area contributed by atoms with Crippen molar-refractivity contribution in [3.63, 3.8) is 0 Å². The molecule has 2 amide bonds. The van der Waals surface area contributed by atoms with E-state index < -0.39 is 0 Å². The molecule has 1 aliphatic carbocycles. The van der Waals surface area contributed by atoms with Crippen molar-refractivity contribution in [1.82, 2.24) is 16.0 Å². The van der Waals surface area contributed by atoms with Crippen LogP contribution < -0.4 is 16.0 Å². The van der Waals surface area contributed by atoms with Gasteiger partial charge in [0.2, 0.25) is 11.8 Å². The van der Waals surface area contributed by atoms with Gasteiger partial charge in [-0.15, -0.1) is 0 Å². The van der Waals surface area contributed by atoms with Crippen molar-refractivity contribution < 1.29 is 9.59 Å². The predicted molar refractivity (Wildman–Crippen MR) is 78.1 cm³/mol. The van der Waals surface area contributed by atoms with E-state index in [2.05, 4.69) is 29.8 Å². The van der Waals surface area contributed by atoms with Gasteiger partial charge in [0.05, 0.1) is 6.04 Å². The van der Waals surface area contributed by atoms with Crippen molar-refractivity contribution >= 4 is 11.8 Å². The molecule has 0 spiro atoms. The van der Waals surface area contributed by atoms with Crippen molar-refractivity contribution in [1.29, 1.82) is 0 Å². The van der Waals surface area contributed by atoms with Crippen LogP contribution in [0.25, 0.3) is 0 Å². The average molecular weight is 281 g/mol. The standard InChI is InChI=1S/C15H27N3O2/c1-10(2)8-17-13(19)6-7-16-15(20)14-12-5-3-4-11(12)9-18-14/h10-12,14,18H,3-9H2,1-2H3,(H,16,20)(H,17,19). The molecule has 2 fully saturated rings. The molecule has 2 aliphatic rings. The summed E-state index contributed by atoms with van der Waals surface area (Å²) in [5.41, 5.74) is 0. The van der Waals surface area contributed by atoms with E-state index >= 15 is 0 Å². The third-order valence-corrected chi connectivity index (χ3v) is 4.39. The molecule has 1 saturated heterocycles. The van der Waals surface area contributed by atoms with Gasteiger partial charge < -0.3 is 16.0 Å². The van der Waals surface area contributed by atoms with Crippen molar-refractivity contribution in [2.24, 2.45) is 17.8 Å². The Labute approximate surface area is 121 Å². The Hall–Kier alpha value is -1.10. The van der Waals surface area contributed by atoms with Crippen molar-refractivity contribution in [3.05, 3.63) is 0 Å². The van der Waals surface area contributed by atoms with E-state index in [0.717, 1.165) is 13.0 Å². The number of nitrogens with one attached hydrogen (secondary N) is 3. The molecule has 3 atom stereocenters. The first kappa shape index (κ1) is 15.3. The summed E-state index contributed by atoms with van der Waals surface area (Å²) in [5, 5.41) is 9.07. The summed E-state index contributed by atoms with van der Waals surface area (Å²) < 4.78 is 0. The first-order chi connectivity index (χ1) is 9.58. The molecule has 1 heterocycles. The van der Waals surface area contributed by atoms with Crippen molar-refractivity contribution in [2.75, 3.05) is 19.6 Å². The second kappa shape index (κ2) is 7.07. The van der Waals surface area contributed by atoms with E-state index in [4.69, 9.17) is 0 Å². The molecule has 1 saturated carbocycles. The Bertz CT molecular complexity index is 357. The van der Waals surface area contributed by atoms with Gasteiger partial charge in [0.25, 0.3) is 0 Å². The third-order valence-electron chi connectivity index (χ3n) is 4.39. The summed E-state index contributed by atoms with van der Waals surface area (Å²) in [4.78, 5) is 23.7. The molecule has 0 aromatic carbocycles. The number of carbonyl (C=O) groups is 2. The van der Waals surface area contributed by atoms with E-state index in [1.807, 2.05) is 0 Å². The minimum absolute atomic E-state index is 0.0112. The highest BCUT2D eigenvalue weighted by Crippen LogP contribution is 2.37. The fourth-order valence-electron chi connectivity index (χ4n) is 3.29. The maximum atomic E-state index is 12.1. The fourth-order valence-corrected chi connectivity index (χ4v) is 3.29. The molecule has 0 bridgehead atoms. The van der Waals surface area contributed by atoms with E-state index in [1.54, 1.807) is 0 Å². The molecule has 2 rings (SSSR count). The predicted octanol–water partition coefficient (Wildman–Crippen LogP) is 0.653. The quantitative estimate of drug-likeness (QED) is 0.669. The topological polar surface area (TPSA) is 70.2 Å². The first-order valence-electron chi connectivity index (χ1n) is 7.85. The summed E-state index contributed by atoms with van der Waals surface area (Å²) in [5.74, 6) is 1.72. The van der Waals surface area contributed by atoms with Crippen LogP contribution in [0.15, 0.2) is 0 Å². The van der Waals surface area contributed by atoms with Crippen LogP contribution in [-0.4, -0.2) is 37.5 Å². The van der Waals surface area contributed by atoms with Crippen LogP contribution in [0.3, 0.4) is 0 Å². The molecule has 3 unspecified atom stereocenters. The van der Waals surface area contributed by atoms with Gasteiger partial charge in [0.1, 0.15) is 0 Å². The number of hydrogen-bond donors (Lipinski definition) is 3. The summed E-state index contributed by atoms with van der Waals surface area (Å²) in [6.07, 6.45) is 4.02. The van der Waals surface area contributed by atoms with E-state index in [-0.39, 0.29) is 17.9 Å². The molecule has 5 heteroatoms. The highest BCUT2D eigenvalue weighted by Gasteiger charge is 2.42. The Morgan fingerprint density at radius 2 is 2.05 bits per heavy atom. The van der Waals surface area contributed by atoms with Gasteiger partial charge in [0.15, 0.2) is 0 Å². The largest absolute Gasteiger partial charge is 0.356 e. The van der Waals surface area contributed by atoms with Crippen LogP contribution in [0.5, 0.6) is 0 Å². The number of fused-ring (bicyclic) bond motifs is 1. The lowest BCUT2D eigenvalue weighted by Crippen LogP contribution is -2.44. The molecular weight excluding hydrogens is 254 g/mol. The van der Waals surface area contributed by atoms with Gasteiger partial charge in [-0.25, -0.2) is 0 Å². The van der Waals surface area contributed by atoms with Crippen molar-refractivity contribution in [3.8, 4) is 0 Å². The highest BCUT2D eigenvalue weighted by molar-refractivity contribution is 5.83. The van der Waals surface area contributed by atoms with Gasteiger partial charge >= 0.3 is 0 Å². The lowest BCUT2D eigenvalue weighted by atomic mass is 9.93. The van der Waals surface area contributed by atoms with E-state index in [9.17, 15) is 9.59 Å². The molecule has 3 N–H and O–H groups in total. The second-order valence-electron chi connectivity index (χ2n) is 6.48. The summed E-state index contributed by atoms with van der Waals surface area (Å²) in [7, 11) is 0. The first-order valence-corrected chi connectivity index (χ1v) is 7.85. The minimum atomic E-state index is -0.0405. The van der Waals surface area contributed by atoms with Crippen molar-refractivity contribution in [2.45, 2.75) is 45.6 Å². The lowest BCUT2D eigenvalue weighted by molar-refractivity contribution is -0.124. The molecule has 0 radical (unpaired) electrons. The average Bonchev–Trinajstić information content (AvgIpc) is 2.98. The van der Waals surface area contributed by atoms with Crippen LogP contribution in [-0.2, 0) is 9.59 Å². The zero-order valence-electron chi connectivity index (χ0n) is 12.6. The molecule has 1 aliphatic heterocycles. The Kier molecular flexibility index (Phi) is 5.40. The maximum Gasteiger partial charge on any atom is 0.237 e. The van der Waals surface area contributed by atoms with Crippen LogP contribution in [0, 0.1) is 17.8 Å². The van der Waals surface area contributed by atoms with E-state index in [1.165, 1.54) is 12.8 Å². The van der Waals surface area contributed by atoms with Gasteiger partial charge in [-0.2, -0.15) is 0 Å². The molecule has 0 aromatic rings. The summed E-state index contributed by atoms with van der Waals surface area (Å²) >= 11 is 0. The Morgan fingerprint density at radius 1 is 1.25 bits per heavy atom. The second-order valence-corrected chi connectivity index (χ2v) is 6.48. The highest BCUT2D eigenvalue weighted by atomic mass is 16.2. The number of rotatable bonds is 6. The fraction of sp³-hybridized carbons (Fsp3) is 0.867. The van der Waals surface area contributed by atoms with Gasteiger partial charge in [-0.05, 0) is 37.1 Å². The zero-order chi connectivity index (χ0) is 14.5. The Morgan fingerprint density at radius 3 is 2.80 bits per heavy atom. The zero-order valence-corrected chi connectivity index (χ0v) is 12.6. The number of amides is 2. The summed E-state index contributed by atoms with van der Waals surface area (Å²) in [6, 6.07) is -0.0405. The van der Waals surface area contributed by atoms with E-state index in [0.29, 0.717) is 37.3 Å². The molecule has 114 valence electrons. The molecule has 0 aromatic heterocycles. The lowest BCUT2D eigenvalue weighted by Gasteiger charge is -2.17. The van der Waals surface area contributed by atoms with Gasteiger partial charge in [-0.1, -0.05) is 20.3 Å². The third kappa shape index (κ3) is 3.95. The normalized spacial score (nSPS) is 28.4. The molecule has 20 heavy (non-hydrogen) atoms.